The van der Waals surface area contributed by atoms with Gasteiger partial charge in [-0.1, -0.05) is 30.3 Å². The smallest absolute Gasteiger partial charge is 0.133 e. The zero-order valence-corrected chi connectivity index (χ0v) is 10.5. The standard InChI is InChI=1S/C13H11BrO3/c14-13-9(7-15)12(10(16)6-11(13)17)8-4-2-1-3-5-8/h1-6,15-17H,7H2. The summed E-state index contributed by atoms with van der Waals surface area (Å²) in [6.07, 6.45) is 0. The summed E-state index contributed by atoms with van der Waals surface area (Å²) in [6.45, 7) is -0.271. The van der Waals surface area contributed by atoms with E-state index in [1.807, 2.05) is 30.3 Å². The van der Waals surface area contributed by atoms with Crippen molar-refractivity contribution in [2.45, 2.75) is 6.61 Å². The molecule has 88 valence electrons. The zero-order valence-electron chi connectivity index (χ0n) is 8.89. The van der Waals surface area contributed by atoms with Gasteiger partial charge in [0.1, 0.15) is 11.5 Å². The molecule has 2 aromatic rings. The summed E-state index contributed by atoms with van der Waals surface area (Å²) in [5, 5.41) is 28.8. The van der Waals surface area contributed by atoms with Gasteiger partial charge in [-0.25, -0.2) is 0 Å². The third-order valence-corrected chi connectivity index (χ3v) is 3.43. The van der Waals surface area contributed by atoms with Gasteiger partial charge in [0.25, 0.3) is 0 Å². The second-order valence-electron chi connectivity index (χ2n) is 3.61. The predicted molar refractivity (Wildman–Crippen MR) is 68.8 cm³/mol. The quantitative estimate of drug-likeness (QED) is 0.798. The van der Waals surface area contributed by atoms with Crippen LogP contribution in [0.25, 0.3) is 11.1 Å². The molecule has 0 aliphatic heterocycles. The van der Waals surface area contributed by atoms with Gasteiger partial charge < -0.3 is 15.3 Å². The number of aliphatic hydroxyl groups excluding tert-OH is 1. The van der Waals surface area contributed by atoms with E-state index >= 15 is 0 Å². The lowest BCUT2D eigenvalue weighted by Crippen LogP contribution is -1.92. The second kappa shape index (κ2) is 4.77. The maximum Gasteiger partial charge on any atom is 0.133 e. The van der Waals surface area contributed by atoms with Crippen molar-refractivity contribution in [3.8, 4) is 22.6 Å². The number of rotatable bonds is 2. The first-order valence-corrected chi connectivity index (χ1v) is 5.84. The van der Waals surface area contributed by atoms with Crippen molar-refractivity contribution in [2.75, 3.05) is 0 Å². The fourth-order valence-corrected chi connectivity index (χ4v) is 2.20. The van der Waals surface area contributed by atoms with Gasteiger partial charge in [-0.2, -0.15) is 0 Å². The number of halogens is 1. The number of aliphatic hydroxyl groups is 1. The van der Waals surface area contributed by atoms with Crippen LogP contribution in [0.3, 0.4) is 0 Å². The molecule has 2 rings (SSSR count). The van der Waals surface area contributed by atoms with Crippen LogP contribution in [0.2, 0.25) is 0 Å². The van der Waals surface area contributed by atoms with Crippen LogP contribution in [0.15, 0.2) is 40.9 Å². The highest BCUT2D eigenvalue weighted by molar-refractivity contribution is 9.10. The van der Waals surface area contributed by atoms with E-state index in [4.69, 9.17) is 0 Å². The number of phenolic OH excluding ortho intramolecular Hbond substituents is 2. The van der Waals surface area contributed by atoms with Crippen LogP contribution >= 0.6 is 15.9 Å². The van der Waals surface area contributed by atoms with Crippen LogP contribution in [0.5, 0.6) is 11.5 Å². The highest BCUT2D eigenvalue weighted by Crippen LogP contribution is 2.41. The summed E-state index contributed by atoms with van der Waals surface area (Å²) in [7, 11) is 0. The van der Waals surface area contributed by atoms with E-state index in [0.717, 1.165) is 5.56 Å². The molecular weight excluding hydrogens is 284 g/mol. The molecule has 0 heterocycles. The molecule has 17 heavy (non-hydrogen) atoms. The van der Waals surface area contributed by atoms with Crippen LogP contribution < -0.4 is 0 Å². The normalized spacial score (nSPS) is 10.5. The summed E-state index contributed by atoms with van der Waals surface area (Å²) in [5.41, 5.74) is 1.78. The SMILES string of the molecule is OCc1c(Br)c(O)cc(O)c1-c1ccccc1. The van der Waals surface area contributed by atoms with Gasteiger partial charge in [-0.3, -0.25) is 0 Å². The zero-order chi connectivity index (χ0) is 12.4. The topological polar surface area (TPSA) is 60.7 Å². The molecule has 0 bridgehead atoms. The van der Waals surface area contributed by atoms with Gasteiger partial charge in [0.05, 0.1) is 11.1 Å². The van der Waals surface area contributed by atoms with Crippen molar-refractivity contribution < 1.29 is 15.3 Å². The van der Waals surface area contributed by atoms with Gasteiger partial charge in [0.15, 0.2) is 0 Å². The number of hydrogen-bond acceptors (Lipinski definition) is 3. The van der Waals surface area contributed by atoms with Crippen LogP contribution in [0.4, 0.5) is 0 Å². The Morgan fingerprint density at radius 2 is 1.65 bits per heavy atom. The molecule has 0 aromatic heterocycles. The number of benzene rings is 2. The minimum atomic E-state index is -0.271. The molecular formula is C13H11BrO3. The van der Waals surface area contributed by atoms with E-state index in [1.165, 1.54) is 6.07 Å². The van der Waals surface area contributed by atoms with Crippen molar-refractivity contribution >= 4 is 15.9 Å². The Labute approximate surface area is 107 Å². The van der Waals surface area contributed by atoms with E-state index in [9.17, 15) is 15.3 Å². The summed E-state index contributed by atoms with van der Waals surface area (Å²) < 4.78 is 0.400. The average molecular weight is 295 g/mol. The van der Waals surface area contributed by atoms with Gasteiger partial charge in [0, 0.05) is 17.2 Å². The Balaban J connectivity index is 2.73. The van der Waals surface area contributed by atoms with Crippen LogP contribution in [-0.4, -0.2) is 15.3 Å². The third-order valence-electron chi connectivity index (χ3n) is 2.54. The fraction of sp³-hybridized carbons (Fsp3) is 0.0769. The van der Waals surface area contributed by atoms with E-state index in [1.54, 1.807) is 0 Å². The lowest BCUT2D eigenvalue weighted by molar-refractivity contribution is 0.280. The highest BCUT2D eigenvalue weighted by atomic mass is 79.9. The molecule has 0 radical (unpaired) electrons. The predicted octanol–water partition coefficient (Wildman–Crippen LogP) is 3.02. The van der Waals surface area contributed by atoms with Crippen molar-refractivity contribution in [3.63, 3.8) is 0 Å². The van der Waals surface area contributed by atoms with E-state index < -0.39 is 0 Å². The molecule has 0 aliphatic carbocycles. The number of aromatic hydroxyl groups is 2. The van der Waals surface area contributed by atoms with Gasteiger partial charge >= 0.3 is 0 Å². The summed E-state index contributed by atoms with van der Waals surface area (Å²) in [4.78, 5) is 0. The van der Waals surface area contributed by atoms with Crippen molar-refractivity contribution in [3.05, 3.63) is 46.4 Å². The maximum absolute atomic E-state index is 9.89. The first-order valence-electron chi connectivity index (χ1n) is 5.04. The third kappa shape index (κ3) is 2.14. The number of hydrogen-bond donors (Lipinski definition) is 3. The monoisotopic (exact) mass is 294 g/mol. The largest absolute Gasteiger partial charge is 0.507 e. The molecule has 4 heteroatoms. The van der Waals surface area contributed by atoms with Crippen LogP contribution in [-0.2, 0) is 6.61 Å². The average Bonchev–Trinajstić information content (AvgIpc) is 2.34. The number of phenols is 2. The molecule has 0 fully saturated rings. The Morgan fingerprint density at radius 1 is 1.00 bits per heavy atom. The molecule has 0 saturated carbocycles. The highest BCUT2D eigenvalue weighted by Gasteiger charge is 2.16. The van der Waals surface area contributed by atoms with Crippen molar-refractivity contribution in [1.29, 1.82) is 0 Å². The molecule has 3 nitrogen and oxygen atoms in total. The Bertz CT molecular complexity index is 538. The molecule has 0 unspecified atom stereocenters. The molecule has 3 N–H and O–H groups in total. The molecule has 0 atom stereocenters. The van der Waals surface area contributed by atoms with E-state index in [2.05, 4.69) is 15.9 Å². The van der Waals surface area contributed by atoms with Crippen LogP contribution in [0, 0.1) is 0 Å². The van der Waals surface area contributed by atoms with Gasteiger partial charge in [-0.15, -0.1) is 0 Å². The van der Waals surface area contributed by atoms with Gasteiger partial charge in [-0.05, 0) is 21.5 Å². The minimum Gasteiger partial charge on any atom is -0.507 e. The van der Waals surface area contributed by atoms with Crippen LogP contribution in [0.1, 0.15) is 5.56 Å². The molecule has 0 amide bonds. The van der Waals surface area contributed by atoms with Crippen molar-refractivity contribution in [1.82, 2.24) is 0 Å². The Hall–Kier alpha value is -1.52. The second-order valence-corrected chi connectivity index (χ2v) is 4.40. The van der Waals surface area contributed by atoms with E-state index in [-0.39, 0.29) is 18.1 Å². The Morgan fingerprint density at radius 3 is 2.24 bits per heavy atom. The van der Waals surface area contributed by atoms with E-state index in [0.29, 0.717) is 15.6 Å². The minimum absolute atomic E-state index is 0.0547. The molecule has 0 aliphatic rings. The van der Waals surface area contributed by atoms with Crippen molar-refractivity contribution in [2.24, 2.45) is 0 Å². The maximum atomic E-state index is 9.89. The fourth-order valence-electron chi connectivity index (χ4n) is 1.76. The molecule has 2 aromatic carbocycles. The van der Waals surface area contributed by atoms with Gasteiger partial charge in [0.2, 0.25) is 0 Å². The Kier molecular flexibility index (Phi) is 3.36. The molecule has 0 spiro atoms. The lowest BCUT2D eigenvalue weighted by Gasteiger charge is -2.13. The summed E-state index contributed by atoms with van der Waals surface area (Å²) in [5.74, 6) is -0.146. The summed E-state index contributed by atoms with van der Waals surface area (Å²) in [6, 6.07) is 10.5. The first kappa shape index (κ1) is 12.0. The summed E-state index contributed by atoms with van der Waals surface area (Å²) >= 11 is 3.20. The first-order chi connectivity index (χ1) is 8.15. The molecule has 0 saturated heterocycles. The lowest BCUT2D eigenvalue weighted by atomic mass is 9.98.